The van der Waals surface area contributed by atoms with Crippen LogP contribution in [0.4, 0.5) is 0 Å². The van der Waals surface area contributed by atoms with Crippen LogP contribution in [0.1, 0.15) is 42.2 Å². The topological polar surface area (TPSA) is 81.1 Å². The van der Waals surface area contributed by atoms with Crippen LogP contribution < -0.4 is 10.6 Å². The summed E-state index contributed by atoms with van der Waals surface area (Å²) in [6.07, 6.45) is 5.86. The van der Waals surface area contributed by atoms with Crippen LogP contribution in [0.15, 0.2) is 6.20 Å². The zero-order valence-corrected chi connectivity index (χ0v) is 11.7. The number of nitrogens with one attached hydrogen (secondary N) is 2. The molecule has 0 unspecified atom stereocenters. The summed E-state index contributed by atoms with van der Waals surface area (Å²) in [6.45, 7) is 1.99. The monoisotopic (exact) mass is 279 g/mol. The number of ether oxygens (including phenoxy) is 1. The predicted octanol–water partition coefficient (Wildman–Crippen LogP) is 0.110. The molecule has 1 aromatic rings. The Labute approximate surface area is 118 Å². The van der Waals surface area contributed by atoms with Crippen molar-refractivity contribution in [2.45, 2.75) is 43.9 Å². The molecule has 1 aliphatic carbocycles. The van der Waals surface area contributed by atoms with Crippen LogP contribution in [0, 0.1) is 0 Å². The highest BCUT2D eigenvalue weighted by atomic mass is 16.5. The van der Waals surface area contributed by atoms with E-state index in [2.05, 4.69) is 20.9 Å². The Morgan fingerprint density at radius 3 is 2.90 bits per heavy atom. The lowest BCUT2D eigenvalue weighted by molar-refractivity contribution is 0.0175. The minimum atomic E-state index is -0.135. The average Bonchev–Trinajstić information content (AvgIpc) is 2.93. The number of methoxy groups -OCH3 is 1. The molecule has 2 N–H and O–H groups in total. The van der Waals surface area contributed by atoms with Crippen molar-refractivity contribution in [1.82, 2.24) is 25.6 Å². The normalized spacial score (nSPS) is 27.1. The van der Waals surface area contributed by atoms with Crippen molar-refractivity contribution < 1.29 is 9.53 Å². The van der Waals surface area contributed by atoms with Crippen molar-refractivity contribution in [2.75, 3.05) is 20.2 Å². The molecule has 0 bridgehead atoms. The number of aromatic nitrogens is 3. The number of hydrogen-bond donors (Lipinski definition) is 2. The molecule has 1 saturated carbocycles. The van der Waals surface area contributed by atoms with Crippen LogP contribution in [0.5, 0.6) is 0 Å². The van der Waals surface area contributed by atoms with Crippen molar-refractivity contribution in [1.29, 1.82) is 0 Å². The van der Waals surface area contributed by atoms with E-state index in [-0.39, 0.29) is 18.1 Å². The number of nitrogens with zero attached hydrogens (tertiary/aromatic N) is 3. The number of carbonyl (C=O) groups excluding carboxylic acids is 1. The first-order chi connectivity index (χ1) is 9.76. The van der Waals surface area contributed by atoms with Crippen molar-refractivity contribution in [3.63, 3.8) is 0 Å². The van der Waals surface area contributed by atoms with Gasteiger partial charge in [0.2, 0.25) is 0 Å². The summed E-state index contributed by atoms with van der Waals surface area (Å²) in [7, 11) is 1.70. The van der Waals surface area contributed by atoms with Crippen molar-refractivity contribution in [3.8, 4) is 0 Å². The molecule has 2 aliphatic rings. The zero-order chi connectivity index (χ0) is 13.9. The van der Waals surface area contributed by atoms with Crippen molar-refractivity contribution in [2.24, 2.45) is 0 Å². The molecular formula is C13H21N5O2. The molecule has 1 amide bonds. The number of hydrogen-bond acceptors (Lipinski definition) is 5. The predicted molar refractivity (Wildman–Crippen MR) is 72.4 cm³/mol. The lowest BCUT2D eigenvalue weighted by Crippen LogP contribution is -2.47. The van der Waals surface area contributed by atoms with E-state index in [1.54, 1.807) is 13.3 Å². The largest absolute Gasteiger partial charge is 0.381 e. The van der Waals surface area contributed by atoms with Gasteiger partial charge in [0.15, 0.2) is 5.69 Å². The summed E-state index contributed by atoms with van der Waals surface area (Å²) < 4.78 is 7.03. The standard InChI is InChI=1S/C13H21N5O2/c1-20-11-6-9(7-11)15-13(19)12-8-18(17-16-12)10-2-4-14-5-3-10/h8-11,14H,2-7H2,1H3,(H,15,19). The van der Waals surface area contributed by atoms with Crippen LogP contribution in [0.3, 0.4) is 0 Å². The molecule has 2 heterocycles. The quantitative estimate of drug-likeness (QED) is 0.817. The number of amides is 1. The van der Waals surface area contributed by atoms with E-state index < -0.39 is 0 Å². The van der Waals surface area contributed by atoms with E-state index >= 15 is 0 Å². The number of carbonyl (C=O) groups is 1. The van der Waals surface area contributed by atoms with E-state index in [1.165, 1.54) is 0 Å². The Hall–Kier alpha value is -1.47. The van der Waals surface area contributed by atoms with Crippen molar-refractivity contribution in [3.05, 3.63) is 11.9 Å². The summed E-state index contributed by atoms with van der Waals surface area (Å²) in [4.78, 5) is 12.1. The molecule has 0 spiro atoms. The lowest BCUT2D eigenvalue weighted by Gasteiger charge is -2.34. The molecule has 0 radical (unpaired) electrons. The summed E-state index contributed by atoms with van der Waals surface area (Å²) in [6, 6.07) is 0.559. The fourth-order valence-corrected chi connectivity index (χ4v) is 2.77. The van der Waals surface area contributed by atoms with Crippen LogP contribution in [-0.2, 0) is 4.74 Å². The van der Waals surface area contributed by atoms with Gasteiger partial charge in [-0.05, 0) is 38.8 Å². The molecule has 110 valence electrons. The Kier molecular flexibility index (Phi) is 3.98. The second kappa shape index (κ2) is 5.88. The highest BCUT2D eigenvalue weighted by Crippen LogP contribution is 2.23. The molecule has 1 aromatic heterocycles. The molecule has 3 rings (SSSR count). The summed E-state index contributed by atoms with van der Waals surface area (Å²) in [5.41, 5.74) is 0.407. The van der Waals surface area contributed by atoms with E-state index in [1.807, 2.05) is 4.68 Å². The van der Waals surface area contributed by atoms with Gasteiger partial charge in [0, 0.05) is 13.2 Å². The Balaban J connectivity index is 1.54. The molecule has 7 heteroatoms. The third-order valence-electron chi connectivity index (χ3n) is 4.19. The Bertz CT molecular complexity index is 463. The average molecular weight is 279 g/mol. The maximum atomic E-state index is 12.1. The molecule has 7 nitrogen and oxygen atoms in total. The first kappa shape index (κ1) is 13.5. The highest BCUT2D eigenvalue weighted by molar-refractivity contribution is 5.92. The number of piperidine rings is 1. The molecule has 1 saturated heterocycles. The van der Waals surface area contributed by atoms with E-state index in [4.69, 9.17) is 4.74 Å². The fourth-order valence-electron chi connectivity index (χ4n) is 2.77. The first-order valence-corrected chi connectivity index (χ1v) is 7.22. The SMILES string of the molecule is COC1CC(NC(=O)c2cn(C3CCNCC3)nn2)C1. The maximum Gasteiger partial charge on any atom is 0.273 e. The summed E-state index contributed by atoms with van der Waals surface area (Å²) in [5, 5.41) is 14.4. The first-order valence-electron chi connectivity index (χ1n) is 7.22. The van der Waals surface area contributed by atoms with Gasteiger partial charge in [0.05, 0.1) is 18.3 Å². The molecule has 0 aromatic carbocycles. The Morgan fingerprint density at radius 1 is 1.45 bits per heavy atom. The minimum absolute atomic E-state index is 0.135. The van der Waals surface area contributed by atoms with Gasteiger partial charge in [0.25, 0.3) is 5.91 Å². The van der Waals surface area contributed by atoms with Gasteiger partial charge in [-0.1, -0.05) is 5.21 Å². The van der Waals surface area contributed by atoms with Crippen LogP contribution >= 0.6 is 0 Å². The molecule has 20 heavy (non-hydrogen) atoms. The van der Waals surface area contributed by atoms with Crippen LogP contribution in [0.25, 0.3) is 0 Å². The second-order valence-electron chi connectivity index (χ2n) is 5.56. The van der Waals surface area contributed by atoms with E-state index in [9.17, 15) is 4.79 Å². The number of rotatable bonds is 4. The minimum Gasteiger partial charge on any atom is -0.381 e. The highest BCUT2D eigenvalue weighted by Gasteiger charge is 2.31. The van der Waals surface area contributed by atoms with Crippen LogP contribution in [0.2, 0.25) is 0 Å². The lowest BCUT2D eigenvalue weighted by atomic mass is 9.89. The Morgan fingerprint density at radius 2 is 2.20 bits per heavy atom. The van der Waals surface area contributed by atoms with Gasteiger partial charge in [-0.25, -0.2) is 4.68 Å². The van der Waals surface area contributed by atoms with Crippen molar-refractivity contribution >= 4 is 5.91 Å². The smallest absolute Gasteiger partial charge is 0.273 e. The molecule has 2 fully saturated rings. The fraction of sp³-hybridized carbons (Fsp3) is 0.769. The second-order valence-corrected chi connectivity index (χ2v) is 5.56. The zero-order valence-electron chi connectivity index (χ0n) is 11.7. The summed E-state index contributed by atoms with van der Waals surface area (Å²) >= 11 is 0. The van der Waals surface area contributed by atoms with E-state index in [0.717, 1.165) is 38.8 Å². The van der Waals surface area contributed by atoms with Gasteiger partial charge in [-0.3, -0.25) is 4.79 Å². The third-order valence-corrected chi connectivity index (χ3v) is 4.19. The van der Waals surface area contributed by atoms with Gasteiger partial charge < -0.3 is 15.4 Å². The summed E-state index contributed by atoms with van der Waals surface area (Å²) in [5.74, 6) is -0.135. The third kappa shape index (κ3) is 2.83. The van der Waals surface area contributed by atoms with E-state index in [0.29, 0.717) is 11.7 Å². The molecule has 0 atom stereocenters. The van der Waals surface area contributed by atoms with Gasteiger partial charge in [0.1, 0.15) is 0 Å². The molecule has 1 aliphatic heterocycles. The molecular weight excluding hydrogens is 258 g/mol. The maximum absolute atomic E-state index is 12.1. The van der Waals surface area contributed by atoms with Gasteiger partial charge in [-0.15, -0.1) is 5.10 Å². The van der Waals surface area contributed by atoms with Gasteiger partial charge >= 0.3 is 0 Å². The van der Waals surface area contributed by atoms with Crippen LogP contribution in [-0.4, -0.2) is 53.2 Å². The van der Waals surface area contributed by atoms with Gasteiger partial charge in [-0.2, -0.15) is 0 Å².